The second-order valence-electron chi connectivity index (χ2n) is 6.09. The van der Waals surface area contributed by atoms with Crippen LogP contribution in [0, 0.1) is 5.92 Å². The Morgan fingerprint density at radius 3 is 2.68 bits per heavy atom. The zero-order chi connectivity index (χ0) is 15.8. The maximum absolute atomic E-state index is 11.7. The van der Waals surface area contributed by atoms with Crippen molar-refractivity contribution in [3.8, 4) is 5.75 Å². The van der Waals surface area contributed by atoms with Crippen LogP contribution in [-0.4, -0.2) is 35.4 Å². The average Bonchev–Trinajstić information content (AvgIpc) is 2.51. The third-order valence-electron chi connectivity index (χ3n) is 4.17. The summed E-state index contributed by atoms with van der Waals surface area (Å²) >= 11 is 0. The number of rotatable bonds is 6. The van der Waals surface area contributed by atoms with Crippen molar-refractivity contribution in [2.45, 2.75) is 44.6 Å². The van der Waals surface area contributed by atoms with E-state index in [2.05, 4.69) is 10.6 Å². The van der Waals surface area contributed by atoms with Gasteiger partial charge in [-0.2, -0.15) is 0 Å². The van der Waals surface area contributed by atoms with Gasteiger partial charge in [0, 0.05) is 13.1 Å². The first-order valence-electron chi connectivity index (χ1n) is 8.11. The molecule has 0 aliphatic heterocycles. The Labute approximate surface area is 131 Å². The van der Waals surface area contributed by atoms with Crippen LogP contribution in [0.4, 0.5) is 4.79 Å². The molecule has 0 bridgehead atoms. The van der Waals surface area contributed by atoms with Crippen LogP contribution in [0.3, 0.4) is 0 Å². The largest absolute Gasteiger partial charge is 0.508 e. The van der Waals surface area contributed by atoms with Crippen LogP contribution in [0.5, 0.6) is 5.75 Å². The van der Waals surface area contributed by atoms with Gasteiger partial charge in [0.15, 0.2) is 0 Å². The lowest BCUT2D eigenvalue weighted by Gasteiger charge is -2.25. The van der Waals surface area contributed by atoms with E-state index in [0.717, 1.165) is 44.1 Å². The average molecular weight is 306 g/mol. The van der Waals surface area contributed by atoms with Gasteiger partial charge >= 0.3 is 6.03 Å². The Hall–Kier alpha value is -1.75. The molecule has 0 heterocycles. The fraction of sp³-hybridized carbons (Fsp3) is 0.588. The molecule has 1 aliphatic carbocycles. The molecule has 4 N–H and O–H groups in total. The molecule has 5 heteroatoms. The number of aliphatic hydroxyl groups excluding tert-OH is 1. The Bertz CT molecular complexity index is 461. The van der Waals surface area contributed by atoms with Gasteiger partial charge in [-0.1, -0.05) is 18.6 Å². The van der Waals surface area contributed by atoms with Crippen molar-refractivity contribution in [3.63, 3.8) is 0 Å². The minimum absolute atomic E-state index is 0.134. The van der Waals surface area contributed by atoms with Crippen LogP contribution < -0.4 is 10.6 Å². The second-order valence-corrected chi connectivity index (χ2v) is 6.09. The van der Waals surface area contributed by atoms with E-state index < -0.39 is 0 Å². The van der Waals surface area contributed by atoms with E-state index in [-0.39, 0.29) is 17.9 Å². The smallest absolute Gasteiger partial charge is 0.314 e. The van der Waals surface area contributed by atoms with E-state index in [0.29, 0.717) is 19.0 Å². The number of carbonyl (C=O) groups excluding carboxylic acids is 1. The number of phenolic OH excluding ortho intramolecular Hbond substituents is 1. The molecule has 0 spiro atoms. The third kappa shape index (κ3) is 5.93. The first-order valence-corrected chi connectivity index (χ1v) is 8.11. The van der Waals surface area contributed by atoms with E-state index in [1.165, 1.54) is 0 Å². The molecule has 2 amide bonds. The number of carbonyl (C=O) groups is 1. The van der Waals surface area contributed by atoms with Gasteiger partial charge in [0.1, 0.15) is 5.75 Å². The maximum atomic E-state index is 11.7. The Balaban J connectivity index is 1.55. The molecule has 1 fully saturated rings. The Morgan fingerprint density at radius 2 is 1.95 bits per heavy atom. The van der Waals surface area contributed by atoms with Gasteiger partial charge in [-0.3, -0.25) is 0 Å². The molecule has 2 rings (SSSR count). The molecule has 122 valence electrons. The Kier molecular flexibility index (Phi) is 6.52. The van der Waals surface area contributed by atoms with Gasteiger partial charge in [-0.05, 0) is 55.7 Å². The van der Waals surface area contributed by atoms with Crippen LogP contribution in [0.1, 0.15) is 37.7 Å². The minimum Gasteiger partial charge on any atom is -0.508 e. The van der Waals surface area contributed by atoms with Crippen molar-refractivity contribution in [2.75, 3.05) is 13.1 Å². The quantitative estimate of drug-likeness (QED) is 0.608. The number of hydrogen-bond acceptors (Lipinski definition) is 3. The summed E-state index contributed by atoms with van der Waals surface area (Å²) < 4.78 is 0. The SMILES string of the molecule is O=C(NCCCc1ccc(O)cc1)NCC1CCCC(O)C1. The highest BCUT2D eigenvalue weighted by Crippen LogP contribution is 2.23. The Morgan fingerprint density at radius 1 is 1.18 bits per heavy atom. The monoisotopic (exact) mass is 306 g/mol. The van der Waals surface area contributed by atoms with Gasteiger partial charge in [-0.25, -0.2) is 4.79 Å². The van der Waals surface area contributed by atoms with Crippen molar-refractivity contribution >= 4 is 6.03 Å². The van der Waals surface area contributed by atoms with Crippen LogP contribution in [-0.2, 0) is 6.42 Å². The summed E-state index contributed by atoms with van der Waals surface area (Å²) in [6, 6.07) is 7.00. The number of urea groups is 1. The maximum Gasteiger partial charge on any atom is 0.314 e. The first kappa shape index (κ1) is 16.6. The molecule has 1 aromatic carbocycles. The summed E-state index contributed by atoms with van der Waals surface area (Å²) in [5, 5.41) is 24.5. The molecule has 22 heavy (non-hydrogen) atoms. The number of aromatic hydroxyl groups is 1. The molecule has 5 nitrogen and oxygen atoms in total. The molecule has 1 saturated carbocycles. The lowest BCUT2D eigenvalue weighted by atomic mass is 9.87. The number of amides is 2. The standard InChI is InChI=1S/C17H26N2O3/c20-15-8-6-13(7-9-15)4-2-10-18-17(22)19-12-14-3-1-5-16(21)11-14/h6-9,14,16,20-21H,1-5,10-12H2,(H2,18,19,22). The summed E-state index contributed by atoms with van der Waals surface area (Å²) in [5.74, 6) is 0.667. The zero-order valence-corrected chi connectivity index (χ0v) is 12.9. The lowest BCUT2D eigenvalue weighted by Crippen LogP contribution is -2.40. The number of aryl methyl sites for hydroxylation is 1. The summed E-state index contributed by atoms with van der Waals surface area (Å²) in [6.07, 6.45) is 5.34. The van der Waals surface area contributed by atoms with Crippen LogP contribution >= 0.6 is 0 Å². The highest BCUT2D eigenvalue weighted by molar-refractivity contribution is 5.73. The number of benzene rings is 1. The van der Waals surface area contributed by atoms with Gasteiger partial charge in [-0.15, -0.1) is 0 Å². The van der Waals surface area contributed by atoms with E-state index >= 15 is 0 Å². The zero-order valence-electron chi connectivity index (χ0n) is 12.9. The predicted molar refractivity (Wildman–Crippen MR) is 85.8 cm³/mol. The molecule has 0 radical (unpaired) electrons. The second kappa shape index (κ2) is 8.63. The summed E-state index contributed by atoms with van der Waals surface area (Å²) in [6.45, 7) is 1.26. The summed E-state index contributed by atoms with van der Waals surface area (Å²) in [7, 11) is 0. The van der Waals surface area contributed by atoms with Crippen LogP contribution in [0.2, 0.25) is 0 Å². The fourth-order valence-corrected chi connectivity index (χ4v) is 2.90. The summed E-state index contributed by atoms with van der Waals surface area (Å²) in [5.41, 5.74) is 1.15. The van der Waals surface area contributed by atoms with Crippen molar-refractivity contribution in [1.82, 2.24) is 10.6 Å². The van der Waals surface area contributed by atoms with E-state index in [4.69, 9.17) is 0 Å². The normalized spacial score (nSPS) is 21.3. The van der Waals surface area contributed by atoms with Gasteiger partial charge in [0.25, 0.3) is 0 Å². The van der Waals surface area contributed by atoms with Gasteiger partial charge in [0.2, 0.25) is 0 Å². The topological polar surface area (TPSA) is 81.6 Å². The minimum atomic E-state index is -0.200. The fourth-order valence-electron chi connectivity index (χ4n) is 2.90. The first-order chi connectivity index (χ1) is 10.6. The number of phenols is 1. The molecular formula is C17H26N2O3. The molecule has 1 aromatic rings. The van der Waals surface area contributed by atoms with E-state index in [1.54, 1.807) is 12.1 Å². The highest BCUT2D eigenvalue weighted by atomic mass is 16.3. The van der Waals surface area contributed by atoms with E-state index in [9.17, 15) is 15.0 Å². The van der Waals surface area contributed by atoms with Crippen LogP contribution in [0.15, 0.2) is 24.3 Å². The van der Waals surface area contributed by atoms with Gasteiger partial charge < -0.3 is 20.8 Å². The molecule has 2 atom stereocenters. The van der Waals surface area contributed by atoms with Crippen molar-refractivity contribution in [1.29, 1.82) is 0 Å². The molecule has 1 aliphatic rings. The lowest BCUT2D eigenvalue weighted by molar-refractivity contribution is 0.101. The van der Waals surface area contributed by atoms with Gasteiger partial charge in [0.05, 0.1) is 6.10 Å². The molecule has 2 unspecified atom stereocenters. The summed E-state index contributed by atoms with van der Waals surface area (Å²) in [4.78, 5) is 11.7. The molecule has 0 aromatic heterocycles. The van der Waals surface area contributed by atoms with E-state index in [1.807, 2.05) is 12.1 Å². The third-order valence-corrected chi connectivity index (χ3v) is 4.17. The predicted octanol–water partition coefficient (Wildman–Crippen LogP) is 2.18. The number of aliphatic hydroxyl groups is 1. The number of hydrogen-bond donors (Lipinski definition) is 4. The van der Waals surface area contributed by atoms with Crippen molar-refractivity contribution in [2.24, 2.45) is 5.92 Å². The van der Waals surface area contributed by atoms with Crippen molar-refractivity contribution in [3.05, 3.63) is 29.8 Å². The highest BCUT2D eigenvalue weighted by Gasteiger charge is 2.20. The van der Waals surface area contributed by atoms with Crippen molar-refractivity contribution < 1.29 is 15.0 Å². The number of nitrogens with one attached hydrogen (secondary N) is 2. The van der Waals surface area contributed by atoms with Crippen LogP contribution in [0.25, 0.3) is 0 Å². The molecule has 0 saturated heterocycles. The molecular weight excluding hydrogens is 280 g/mol.